The molecule has 0 radical (unpaired) electrons. The monoisotopic (exact) mass is 518 g/mol. The molecule has 2 aliphatic heterocycles. The van der Waals surface area contributed by atoms with E-state index in [2.05, 4.69) is 9.62 Å². The van der Waals surface area contributed by atoms with Gasteiger partial charge in [-0.15, -0.1) is 0 Å². The van der Waals surface area contributed by atoms with Crippen molar-refractivity contribution in [3.05, 3.63) is 52.5 Å². The third-order valence-electron chi connectivity index (χ3n) is 6.64. The fourth-order valence-electron chi connectivity index (χ4n) is 4.65. The number of piperazine rings is 1. The van der Waals surface area contributed by atoms with Gasteiger partial charge in [0.05, 0.1) is 4.90 Å². The van der Waals surface area contributed by atoms with Crippen molar-refractivity contribution < 1.29 is 18.0 Å². The van der Waals surface area contributed by atoms with Crippen LogP contribution in [-0.2, 0) is 26.0 Å². The van der Waals surface area contributed by atoms with Crippen molar-refractivity contribution in [1.82, 2.24) is 9.62 Å². The molecule has 0 aliphatic carbocycles. The first-order valence-corrected chi connectivity index (χ1v) is 13.8. The maximum absolute atomic E-state index is 12.8. The first-order chi connectivity index (χ1) is 16.7. The summed E-state index contributed by atoms with van der Waals surface area (Å²) in [4.78, 5) is 30.6. The number of rotatable bonds is 7. The molecule has 0 atom stereocenters. The second kappa shape index (κ2) is 10.6. The molecule has 8 nitrogen and oxygen atoms in total. The molecular weight excluding hydrogens is 488 g/mol. The molecule has 2 amide bonds. The average Bonchev–Trinajstić information content (AvgIpc) is 3.28. The van der Waals surface area contributed by atoms with Crippen LogP contribution in [0.3, 0.4) is 0 Å². The lowest BCUT2D eigenvalue weighted by Crippen LogP contribution is -2.49. The zero-order valence-electron chi connectivity index (χ0n) is 20.1. The molecular formula is C25H31ClN4O4S. The standard InChI is InChI=1S/C25H31ClN4O4S/c1-3-24(31)30-11-9-19-16-21(6-7-22(19)30)35(33,34)27-10-8-25(32)29-14-12-28(13-15-29)23-17-20(26)5-4-18(23)2/h4-7,16-17,27H,3,8-15H2,1-2H3. The van der Waals surface area contributed by atoms with Gasteiger partial charge in [0.25, 0.3) is 0 Å². The van der Waals surface area contributed by atoms with Crippen LogP contribution < -0.4 is 14.5 Å². The molecule has 0 saturated carbocycles. The summed E-state index contributed by atoms with van der Waals surface area (Å²) in [5, 5.41) is 0.687. The number of anilines is 2. The predicted octanol–water partition coefficient (Wildman–Crippen LogP) is 2.96. The molecule has 2 aromatic rings. The van der Waals surface area contributed by atoms with Gasteiger partial charge in [0.1, 0.15) is 0 Å². The van der Waals surface area contributed by atoms with E-state index in [4.69, 9.17) is 11.6 Å². The molecule has 188 valence electrons. The zero-order chi connectivity index (χ0) is 25.2. The number of benzene rings is 2. The highest BCUT2D eigenvalue weighted by atomic mass is 35.5. The highest BCUT2D eigenvalue weighted by Gasteiger charge is 2.26. The molecule has 0 unspecified atom stereocenters. The van der Waals surface area contributed by atoms with Gasteiger partial charge in [0, 0.05) is 68.5 Å². The van der Waals surface area contributed by atoms with Gasteiger partial charge in [0.15, 0.2) is 0 Å². The van der Waals surface area contributed by atoms with Crippen LogP contribution in [0.25, 0.3) is 0 Å². The fraction of sp³-hybridized carbons (Fsp3) is 0.440. The Balaban J connectivity index is 1.29. The quantitative estimate of drug-likeness (QED) is 0.608. The van der Waals surface area contributed by atoms with Crippen LogP contribution in [0.15, 0.2) is 41.3 Å². The van der Waals surface area contributed by atoms with E-state index >= 15 is 0 Å². The van der Waals surface area contributed by atoms with Gasteiger partial charge in [-0.3, -0.25) is 9.59 Å². The van der Waals surface area contributed by atoms with Crippen LogP contribution >= 0.6 is 11.6 Å². The number of sulfonamides is 1. The lowest BCUT2D eigenvalue weighted by Gasteiger charge is -2.37. The molecule has 0 bridgehead atoms. The molecule has 1 fully saturated rings. The Morgan fingerprint density at radius 3 is 2.43 bits per heavy atom. The van der Waals surface area contributed by atoms with Crippen LogP contribution in [0, 0.1) is 6.92 Å². The molecule has 4 rings (SSSR count). The van der Waals surface area contributed by atoms with Gasteiger partial charge in [-0.25, -0.2) is 13.1 Å². The van der Waals surface area contributed by atoms with Gasteiger partial charge in [-0.2, -0.15) is 0 Å². The summed E-state index contributed by atoms with van der Waals surface area (Å²) in [5.74, 6) is -0.0441. The van der Waals surface area contributed by atoms with E-state index in [1.165, 1.54) is 6.07 Å². The number of halogens is 1. The van der Waals surface area contributed by atoms with Gasteiger partial charge in [-0.1, -0.05) is 24.6 Å². The van der Waals surface area contributed by atoms with Gasteiger partial charge >= 0.3 is 0 Å². The first kappa shape index (κ1) is 25.5. The number of nitrogens with one attached hydrogen (secondary N) is 1. The maximum Gasteiger partial charge on any atom is 0.240 e. The zero-order valence-corrected chi connectivity index (χ0v) is 21.7. The Morgan fingerprint density at radius 2 is 1.71 bits per heavy atom. The van der Waals surface area contributed by atoms with E-state index in [1.54, 1.807) is 21.9 Å². The van der Waals surface area contributed by atoms with Crippen molar-refractivity contribution in [2.24, 2.45) is 0 Å². The normalized spacial score (nSPS) is 15.9. The first-order valence-electron chi connectivity index (χ1n) is 11.9. The number of carbonyl (C=O) groups is 2. The van der Waals surface area contributed by atoms with Gasteiger partial charge in [0.2, 0.25) is 21.8 Å². The van der Waals surface area contributed by atoms with Crippen LogP contribution in [0.1, 0.15) is 30.9 Å². The molecule has 10 heteroatoms. The molecule has 1 saturated heterocycles. The lowest BCUT2D eigenvalue weighted by molar-refractivity contribution is -0.131. The summed E-state index contributed by atoms with van der Waals surface area (Å²) in [6, 6.07) is 10.6. The second-order valence-corrected chi connectivity index (χ2v) is 11.1. The highest BCUT2D eigenvalue weighted by Crippen LogP contribution is 2.30. The third-order valence-corrected chi connectivity index (χ3v) is 8.33. The molecule has 1 N–H and O–H groups in total. The Hall–Kier alpha value is -2.62. The van der Waals surface area contributed by atoms with E-state index in [0.717, 1.165) is 22.5 Å². The topological polar surface area (TPSA) is 90.0 Å². The molecule has 2 heterocycles. The van der Waals surface area contributed by atoms with Crippen LogP contribution in [0.4, 0.5) is 11.4 Å². The number of aryl methyl sites for hydroxylation is 1. The highest BCUT2D eigenvalue weighted by molar-refractivity contribution is 7.89. The van der Waals surface area contributed by atoms with Gasteiger partial charge < -0.3 is 14.7 Å². The third kappa shape index (κ3) is 5.63. The van der Waals surface area contributed by atoms with Crippen LogP contribution in [-0.4, -0.2) is 64.4 Å². The minimum absolute atomic E-state index is 0.0273. The maximum atomic E-state index is 12.8. The Labute approximate surface area is 211 Å². The number of hydrogen-bond acceptors (Lipinski definition) is 5. The summed E-state index contributed by atoms with van der Waals surface area (Å²) in [6.45, 7) is 7.01. The molecule has 35 heavy (non-hydrogen) atoms. The lowest BCUT2D eigenvalue weighted by atomic mass is 10.1. The van der Waals surface area contributed by atoms with E-state index in [9.17, 15) is 18.0 Å². The Bertz CT molecular complexity index is 1230. The SMILES string of the molecule is CCC(=O)N1CCc2cc(S(=O)(=O)NCCC(=O)N3CCN(c4cc(Cl)ccc4C)CC3)ccc21. The number of nitrogens with zero attached hydrogens (tertiary/aromatic N) is 3. The summed E-state index contributed by atoms with van der Waals surface area (Å²) in [6.07, 6.45) is 1.13. The number of hydrogen-bond donors (Lipinski definition) is 1. The van der Waals surface area contributed by atoms with Crippen molar-refractivity contribution in [3.63, 3.8) is 0 Å². The second-order valence-electron chi connectivity index (χ2n) is 8.89. The smallest absolute Gasteiger partial charge is 0.240 e. The average molecular weight is 519 g/mol. The van der Waals surface area contributed by atoms with Crippen molar-refractivity contribution in [2.45, 2.75) is 38.0 Å². The number of fused-ring (bicyclic) bond motifs is 1. The van der Waals surface area contributed by atoms with Crippen molar-refractivity contribution in [3.8, 4) is 0 Å². The van der Waals surface area contributed by atoms with E-state index in [-0.39, 0.29) is 29.7 Å². The summed E-state index contributed by atoms with van der Waals surface area (Å²) in [5.41, 5.74) is 3.84. The van der Waals surface area contributed by atoms with E-state index in [1.807, 2.05) is 32.0 Å². The summed E-state index contributed by atoms with van der Waals surface area (Å²) >= 11 is 6.14. The minimum atomic E-state index is -3.75. The van der Waals surface area contributed by atoms with Crippen LogP contribution in [0.5, 0.6) is 0 Å². The predicted molar refractivity (Wildman–Crippen MR) is 138 cm³/mol. The summed E-state index contributed by atoms with van der Waals surface area (Å²) < 4.78 is 28.1. The Morgan fingerprint density at radius 1 is 0.971 bits per heavy atom. The molecule has 2 aliphatic rings. The molecule has 2 aromatic carbocycles. The minimum Gasteiger partial charge on any atom is -0.368 e. The van der Waals surface area contributed by atoms with Crippen molar-refractivity contribution in [2.75, 3.05) is 49.1 Å². The van der Waals surface area contributed by atoms with Crippen molar-refractivity contribution in [1.29, 1.82) is 0 Å². The van der Waals surface area contributed by atoms with Gasteiger partial charge in [-0.05, 0) is 54.8 Å². The largest absolute Gasteiger partial charge is 0.368 e. The van der Waals surface area contributed by atoms with Crippen LogP contribution in [0.2, 0.25) is 5.02 Å². The fourth-order valence-corrected chi connectivity index (χ4v) is 5.90. The van der Waals surface area contributed by atoms with Crippen molar-refractivity contribution >= 4 is 44.8 Å². The molecule has 0 spiro atoms. The van der Waals surface area contributed by atoms with E-state index < -0.39 is 10.0 Å². The van der Waals surface area contributed by atoms with E-state index in [0.29, 0.717) is 50.6 Å². The Kier molecular flexibility index (Phi) is 7.68. The summed E-state index contributed by atoms with van der Waals surface area (Å²) in [7, 11) is -3.75. The molecule has 0 aromatic heterocycles. The number of amides is 2. The number of carbonyl (C=O) groups excluding carboxylic acids is 2.